The predicted octanol–water partition coefficient (Wildman–Crippen LogP) is 2.28. The van der Waals surface area contributed by atoms with Crippen LogP contribution in [0.1, 0.15) is 64.7 Å². The number of rotatable bonds is 10. The van der Waals surface area contributed by atoms with Crippen molar-refractivity contribution in [1.29, 1.82) is 0 Å². The van der Waals surface area contributed by atoms with E-state index in [4.69, 9.17) is 20.9 Å². The number of esters is 1. The number of nitrogens with one attached hydrogen (secondary N) is 2. The third kappa shape index (κ3) is 7.98. The van der Waals surface area contributed by atoms with Crippen LogP contribution in [0.5, 0.6) is 0 Å². The van der Waals surface area contributed by atoms with Gasteiger partial charge in [0.2, 0.25) is 6.79 Å². The van der Waals surface area contributed by atoms with Crippen LogP contribution in [0.3, 0.4) is 0 Å². The average molecular weight is 542 g/mol. The van der Waals surface area contributed by atoms with E-state index in [0.29, 0.717) is 35.5 Å². The molecule has 0 aliphatic carbocycles. The molecule has 210 valence electrons. The second kappa shape index (κ2) is 14.4. The van der Waals surface area contributed by atoms with Crippen LogP contribution in [0.25, 0.3) is 0 Å². The van der Waals surface area contributed by atoms with Crippen LogP contribution in [-0.2, 0) is 14.3 Å². The van der Waals surface area contributed by atoms with E-state index < -0.39 is 30.8 Å². The Kier molecular flexibility index (Phi) is 11.4. The molecule has 1 atom stereocenters. The smallest absolute Gasteiger partial charge is 0.419 e. The number of carbonyl (C=O) groups excluding carboxylic acids is 4. The zero-order valence-electron chi connectivity index (χ0n) is 22.7. The van der Waals surface area contributed by atoms with Gasteiger partial charge in [-0.2, -0.15) is 0 Å². The maximum Gasteiger partial charge on any atom is 0.419 e. The molecule has 0 aliphatic rings. The number of carbonyl (C=O) groups is 4. The highest BCUT2D eigenvalue weighted by atomic mass is 16.7. The Hall–Kier alpha value is -4.52. The summed E-state index contributed by atoms with van der Waals surface area (Å²) in [7, 11) is 0. The Bertz CT molecular complexity index is 1270. The summed E-state index contributed by atoms with van der Waals surface area (Å²) in [6.45, 7) is 8.40. The standard InChI is InChI=1S/C26H35N7O6/c1-6-10-33(26(37)39-14-38-25(36)17(5)28)24(35)19-12-30-21(16(19)4)22(31-13-27)32-20-11-18(9-8-15(20)3)23(34)29-7-2/h8-9,11-13,17,30H,6-7,10,14,28H2,1-5H3,(H,29,34)(H2,27,31,32). The van der Waals surface area contributed by atoms with Crippen LogP contribution in [0.15, 0.2) is 34.4 Å². The topological polar surface area (TPSA) is 195 Å². The minimum absolute atomic E-state index is 0.0621. The molecule has 39 heavy (non-hydrogen) atoms. The fourth-order valence-electron chi connectivity index (χ4n) is 3.41. The number of amides is 3. The first kappa shape index (κ1) is 30.7. The first-order chi connectivity index (χ1) is 18.5. The second-order valence-corrected chi connectivity index (χ2v) is 8.51. The summed E-state index contributed by atoms with van der Waals surface area (Å²) in [5.74, 6) is -1.46. The molecule has 0 aliphatic heterocycles. The van der Waals surface area contributed by atoms with E-state index in [0.717, 1.165) is 16.8 Å². The van der Waals surface area contributed by atoms with Gasteiger partial charge in [-0.05, 0) is 57.4 Å². The normalized spacial score (nSPS) is 12.2. The number of aromatic amines is 1. The van der Waals surface area contributed by atoms with E-state index in [9.17, 15) is 19.2 Å². The number of nitrogens with two attached hydrogens (primary N) is 2. The zero-order valence-corrected chi connectivity index (χ0v) is 22.7. The van der Waals surface area contributed by atoms with Gasteiger partial charge < -0.3 is 31.2 Å². The summed E-state index contributed by atoms with van der Waals surface area (Å²) < 4.78 is 9.71. The van der Waals surface area contributed by atoms with Crippen molar-refractivity contribution in [3.63, 3.8) is 0 Å². The van der Waals surface area contributed by atoms with Crippen molar-refractivity contribution in [2.24, 2.45) is 21.5 Å². The number of hydrogen-bond acceptors (Lipinski definition) is 8. The first-order valence-corrected chi connectivity index (χ1v) is 12.4. The number of H-pyrrole nitrogens is 1. The molecular formula is C26H35N7O6. The third-order valence-corrected chi connectivity index (χ3v) is 5.49. The van der Waals surface area contributed by atoms with E-state index >= 15 is 0 Å². The highest BCUT2D eigenvalue weighted by molar-refractivity contribution is 6.09. The number of ether oxygens (including phenoxy) is 2. The Morgan fingerprint density at radius 3 is 2.51 bits per heavy atom. The molecule has 0 bridgehead atoms. The van der Waals surface area contributed by atoms with E-state index in [1.807, 2.05) is 13.8 Å². The van der Waals surface area contributed by atoms with Crippen LogP contribution < -0.4 is 16.8 Å². The van der Waals surface area contributed by atoms with Gasteiger partial charge in [0.15, 0.2) is 5.84 Å². The number of hydrogen-bond donors (Lipinski definition) is 4. The van der Waals surface area contributed by atoms with Crippen LogP contribution in [0.2, 0.25) is 0 Å². The SMILES string of the molecule is CCCN(C(=O)OCOC(=O)C(C)N)C(=O)c1c[nH]c(C(N=CN)=Nc2cc(C(=O)NCC)ccc2C)c1C. The molecule has 3 amide bonds. The van der Waals surface area contributed by atoms with E-state index in [1.165, 1.54) is 13.1 Å². The minimum Gasteiger partial charge on any atom is -0.427 e. The fourth-order valence-corrected chi connectivity index (χ4v) is 3.41. The van der Waals surface area contributed by atoms with Crippen molar-refractivity contribution in [3.8, 4) is 0 Å². The number of nitrogens with zero attached hydrogens (tertiary/aromatic N) is 3. The Morgan fingerprint density at radius 1 is 1.18 bits per heavy atom. The van der Waals surface area contributed by atoms with E-state index in [1.54, 1.807) is 32.0 Å². The quantitative estimate of drug-likeness (QED) is 0.152. The lowest BCUT2D eigenvalue weighted by atomic mass is 10.1. The fraction of sp³-hybridized carbons (Fsp3) is 0.385. The van der Waals surface area contributed by atoms with Crippen LogP contribution in [-0.4, -0.2) is 71.9 Å². The molecule has 0 saturated heterocycles. The Labute approximate surface area is 226 Å². The number of aryl methyl sites for hydroxylation is 1. The molecule has 6 N–H and O–H groups in total. The molecule has 2 aromatic rings. The molecule has 13 heteroatoms. The Balaban J connectivity index is 2.38. The average Bonchev–Trinajstić information content (AvgIpc) is 3.28. The van der Waals surface area contributed by atoms with E-state index in [2.05, 4.69) is 20.3 Å². The van der Waals surface area contributed by atoms with Gasteiger partial charge in [0, 0.05) is 24.8 Å². The van der Waals surface area contributed by atoms with Crippen molar-refractivity contribution in [1.82, 2.24) is 15.2 Å². The lowest BCUT2D eigenvalue weighted by Gasteiger charge is -2.19. The summed E-state index contributed by atoms with van der Waals surface area (Å²) >= 11 is 0. The van der Waals surface area contributed by atoms with Gasteiger partial charge in [0.05, 0.1) is 23.3 Å². The van der Waals surface area contributed by atoms with Crippen molar-refractivity contribution in [2.75, 3.05) is 19.9 Å². The molecule has 1 heterocycles. The summed E-state index contributed by atoms with van der Waals surface area (Å²) in [5.41, 5.74) is 13.7. The largest absolute Gasteiger partial charge is 0.427 e. The molecule has 0 spiro atoms. The lowest BCUT2D eigenvalue weighted by Crippen LogP contribution is -2.39. The second-order valence-electron chi connectivity index (χ2n) is 8.51. The third-order valence-electron chi connectivity index (χ3n) is 5.49. The maximum absolute atomic E-state index is 13.3. The lowest BCUT2D eigenvalue weighted by molar-refractivity contribution is -0.153. The number of aliphatic imine (C=N–C) groups is 2. The van der Waals surface area contributed by atoms with Gasteiger partial charge in [-0.25, -0.2) is 19.7 Å². The van der Waals surface area contributed by atoms with Crippen LogP contribution >= 0.6 is 0 Å². The number of aromatic nitrogens is 1. The summed E-state index contributed by atoms with van der Waals surface area (Å²) in [4.78, 5) is 62.4. The summed E-state index contributed by atoms with van der Waals surface area (Å²) in [5, 5.41) is 2.74. The van der Waals surface area contributed by atoms with Crippen molar-refractivity contribution < 1.29 is 28.7 Å². The molecule has 0 radical (unpaired) electrons. The maximum atomic E-state index is 13.3. The molecule has 2 rings (SSSR count). The molecule has 1 aromatic carbocycles. The summed E-state index contributed by atoms with van der Waals surface area (Å²) in [6.07, 6.45) is 1.97. The molecule has 0 saturated carbocycles. The highest BCUT2D eigenvalue weighted by Gasteiger charge is 2.28. The van der Waals surface area contributed by atoms with Gasteiger partial charge in [0.1, 0.15) is 6.04 Å². The van der Waals surface area contributed by atoms with Crippen molar-refractivity contribution >= 4 is 41.7 Å². The predicted molar refractivity (Wildman–Crippen MR) is 146 cm³/mol. The molecule has 1 aromatic heterocycles. The zero-order chi connectivity index (χ0) is 29.1. The molecular weight excluding hydrogens is 506 g/mol. The van der Waals surface area contributed by atoms with Gasteiger partial charge in [0.25, 0.3) is 11.8 Å². The molecule has 13 nitrogen and oxygen atoms in total. The molecule has 1 unspecified atom stereocenters. The van der Waals surface area contributed by atoms with Gasteiger partial charge in [-0.1, -0.05) is 13.0 Å². The highest BCUT2D eigenvalue weighted by Crippen LogP contribution is 2.24. The summed E-state index contributed by atoms with van der Waals surface area (Å²) in [6, 6.07) is 4.21. The molecule has 0 fully saturated rings. The van der Waals surface area contributed by atoms with Gasteiger partial charge in [-0.15, -0.1) is 0 Å². The van der Waals surface area contributed by atoms with Crippen molar-refractivity contribution in [3.05, 3.63) is 52.3 Å². The Morgan fingerprint density at radius 2 is 1.90 bits per heavy atom. The van der Waals surface area contributed by atoms with E-state index in [-0.39, 0.29) is 23.9 Å². The monoisotopic (exact) mass is 541 g/mol. The first-order valence-electron chi connectivity index (χ1n) is 12.4. The van der Waals surface area contributed by atoms with Gasteiger partial charge in [-0.3, -0.25) is 14.4 Å². The minimum atomic E-state index is -0.979. The van der Waals surface area contributed by atoms with Crippen LogP contribution in [0.4, 0.5) is 10.5 Å². The van der Waals surface area contributed by atoms with Crippen molar-refractivity contribution in [2.45, 2.75) is 47.1 Å². The number of amidine groups is 1. The number of imide groups is 1. The van der Waals surface area contributed by atoms with Crippen LogP contribution in [0, 0.1) is 13.8 Å². The number of benzene rings is 1. The van der Waals surface area contributed by atoms with Gasteiger partial charge >= 0.3 is 12.1 Å².